The molecule has 5 N–H and O–H groups in total. The van der Waals surface area contributed by atoms with Gasteiger partial charge in [0.2, 0.25) is 5.79 Å². The molecule has 2 aliphatic heterocycles. The normalized spacial score (nSPS) is 51.1. The average Bonchev–Trinajstić information content (AvgIpc) is 2.80. The van der Waals surface area contributed by atoms with Crippen molar-refractivity contribution in [3.8, 4) is 0 Å². The molecule has 0 saturated carbocycles. The van der Waals surface area contributed by atoms with E-state index in [0.717, 1.165) is 0 Å². The van der Waals surface area contributed by atoms with E-state index < -0.39 is 66.6 Å². The Bertz CT molecular complexity index is 403. The van der Waals surface area contributed by atoms with Crippen molar-refractivity contribution in [1.82, 2.24) is 0 Å². The van der Waals surface area contributed by atoms with E-state index in [-0.39, 0.29) is 5.88 Å². The van der Waals surface area contributed by atoms with Crippen LogP contribution in [0.3, 0.4) is 0 Å². The summed E-state index contributed by atoms with van der Waals surface area (Å²) in [6.07, 6.45) is -9.39. The minimum absolute atomic E-state index is 0.125. The second kappa shape index (κ2) is 7.84. The van der Waals surface area contributed by atoms with Crippen molar-refractivity contribution in [2.75, 3.05) is 18.4 Å². The van der Waals surface area contributed by atoms with Crippen molar-refractivity contribution in [3.05, 3.63) is 0 Å². The van der Waals surface area contributed by atoms with Crippen LogP contribution in [0.1, 0.15) is 0 Å². The molecular formula is C12H19Cl3O8. The SMILES string of the molecule is OC[C@@H]1O[C@@H](O[C@@]2(CCl)O[C@@H](CCl)[C@H](O)[C@H]2O)[C@@H](O)[C@H](O)[C@@H]1Cl. The predicted octanol–water partition coefficient (Wildman–Crippen LogP) is -1.66. The Balaban J connectivity index is 2.18. The first kappa shape index (κ1) is 19.9. The van der Waals surface area contributed by atoms with Gasteiger partial charge in [-0.2, -0.15) is 0 Å². The molecule has 8 nitrogen and oxygen atoms in total. The van der Waals surface area contributed by atoms with Gasteiger partial charge in [0.1, 0.15) is 36.6 Å². The summed E-state index contributed by atoms with van der Waals surface area (Å²) in [6, 6.07) is 0. The van der Waals surface area contributed by atoms with Crippen molar-refractivity contribution >= 4 is 34.8 Å². The van der Waals surface area contributed by atoms with Crippen molar-refractivity contribution in [3.63, 3.8) is 0 Å². The van der Waals surface area contributed by atoms with E-state index in [4.69, 9.17) is 49.0 Å². The van der Waals surface area contributed by atoms with Gasteiger partial charge < -0.3 is 39.7 Å². The predicted molar refractivity (Wildman–Crippen MR) is 79.5 cm³/mol. The van der Waals surface area contributed by atoms with Gasteiger partial charge >= 0.3 is 0 Å². The van der Waals surface area contributed by atoms with Gasteiger partial charge in [-0.3, -0.25) is 0 Å². The van der Waals surface area contributed by atoms with Crippen molar-refractivity contribution in [1.29, 1.82) is 0 Å². The Hall–Kier alpha value is 0.550. The van der Waals surface area contributed by atoms with Gasteiger partial charge in [-0.05, 0) is 0 Å². The van der Waals surface area contributed by atoms with E-state index in [1.54, 1.807) is 0 Å². The highest BCUT2D eigenvalue weighted by atomic mass is 35.5. The zero-order valence-corrected chi connectivity index (χ0v) is 14.1. The number of aliphatic hydroxyl groups excluding tert-OH is 5. The number of halogens is 3. The summed E-state index contributed by atoms with van der Waals surface area (Å²) in [4.78, 5) is 0. The van der Waals surface area contributed by atoms with Crippen LogP contribution in [0, 0.1) is 0 Å². The maximum Gasteiger partial charge on any atom is 0.214 e. The third-order valence-corrected chi connectivity index (χ3v) is 5.17. The van der Waals surface area contributed by atoms with Gasteiger partial charge in [-0.15, -0.1) is 34.8 Å². The van der Waals surface area contributed by atoms with E-state index in [1.165, 1.54) is 0 Å². The maximum atomic E-state index is 10.1. The Morgan fingerprint density at radius 3 is 2.13 bits per heavy atom. The van der Waals surface area contributed by atoms with Crippen LogP contribution < -0.4 is 0 Å². The monoisotopic (exact) mass is 396 g/mol. The van der Waals surface area contributed by atoms with Crippen LogP contribution in [0.15, 0.2) is 0 Å². The number of alkyl halides is 3. The number of hydrogen-bond donors (Lipinski definition) is 5. The van der Waals surface area contributed by atoms with Gasteiger partial charge in [0.05, 0.1) is 23.7 Å². The van der Waals surface area contributed by atoms with Gasteiger partial charge in [0.25, 0.3) is 0 Å². The number of aliphatic hydroxyl groups is 5. The molecule has 0 radical (unpaired) electrons. The Kier molecular flexibility index (Phi) is 6.77. The first-order valence-electron chi connectivity index (χ1n) is 6.91. The molecular weight excluding hydrogens is 378 g/mol. The van der Waals surface area contributed by atoms with Crippen molar-refractivity contribution in [2.45, 2.75) is 54.1 Å². The summed E-state index contributed by atoms with van der Waals surface area (Å²) in [6.45, 7) is -0.526. The Morgan fingerprint density at radius 1 is 1.00 bits per heavy atom. The average molecular weight is 398 g/mol. The molecule has 0 spiro atoms. The van der Waals surface area contributed by atoms with Crippen LogP contribution in [0.4, 0.5) is 0 Å². The fourth-order valence-electron chi connectivity index (χ4n) is 2.56. The molecule has 0 aromatic heterocycles. The van der Waals surface area contributed by atoms with Crippen molar-refractivity contribution in [2.24, 2.45) is 0 Å². The molecule has 0 aliphatic carbocycles. The standard InChI is InChI=1S/C12H19Cl3O8/c13-1-4-7(17)10(20)12(3-14,22-4)23-11-9(19)8(18)6(15)5(2-16)21-11/h4-11,16-20H,1-3H2/t4-,5-,6+,7-,8+,9-,10+,11-,12+/m0/s1. The topological polar surface area (TPSA) is 129 Å². The lowest BCUT2D eigenvalue weighted by Gasteiger charge is -2.43. The van der Waals surface area contributed by atoms with E-state index in [9.17, 15) is 25.5 Å². The van der Waals surface area contributed by atoms with E-state index in [0.29, 0.717) is 0 Å². The smallest absolute Gasteiger partial charge is 0.214 e. The lowest BCUT2D eigenvalue weighted by atomic mass is 10.0. The largest absolute Gasteiger partial charge is 0.394 e. The summed E-state index contributed by atoms with van der Waals surface area (Å²) < 4.78 is 16.1. The molecule has 2 heterocycles. The van der Waals surface area contributed by atoms with E-state index in [1.807, 2.05) is 0 Å². The number of hydrogen-bond acceptors (Lipinski definition) is 8. The minimum atomic E-state index is -1.90. The molecule has 2 fully saturated rings. The first-order valence-corrected chi connectivity index (χ1v) is 8.42. The zero-order chi connectivity index (χ0) is 17.4. The fourth-order valence-corrected chi connectivity index (χ4v) is 3.37. The summed E-state index contributed by atoms with van der Waals surface area (Å²) in [5.41, 5.74) is 0. The molecule has 0 aromatic carbocycles. The van der Waals surface area contributed by atoms with Gasteiger partial charge in [0.15, 0.2) is 6.29 Å². The van der Waals surface area contributed by atoms with Crippen LogP contribution in [0.2, 0.25) is 0 Å². The van der Waals surface area contributed by atoms with Crippen LogP contribution in [-0.2, 0) is 14.2 Å². The summed E-state index contributed by atoms with van der Waals surface area (Å²) in [5.74, 6) is -2.43. The molecule has 2 aliphatic rings. The lowest BCUT2D eigenvalue weighted by Crippen LogP contribution is -2.61. The lowest BCUT2D eigenvalue weighted by molar-refractivity contribution is -0.357. The summed E-state index contributed by atoms with van der Waals surface area (Å²) in [5, 5.41) is 48.1. The summed E-state index contributed by atoms with van der Waals surface area (Å²) in [7, 11) is 0. The van der Waals surface area contributed by atoms with Gasteiger partial charge in [-0.1, -0.05) is 0 Å². The highest BCUT2D eigenvalue weighted by Gasteiger charge is 2.58. The van der Waals surface area contributed by atoms with Gasteiger partial charge in [0, 0.05) is 0 Å². The molecule has 2 saturated heterocycles. The second-order valence-electron chi connectivity index (χ2n) is 5.46. The highest BCUT2D eigenvalue weighted by Crippen LogP contribution is 2.37. The zero-order valence-electron chi connectivity index (χ0n) is 11.8. The summed E-state index contributed by atoms with van der Waals surface area (Å²) >= 11 is 17.3. The van der Waals surface area contributed by atoms with Crippen LogP contribution in [-0.4, -0.2) is 98.0 Å². The Morgan fingerprint density at radius 2 is 1.65 bits per heavy atom. The molecule has 0 aromatic rings. The fraction of sp³-hybridized carbons (Fsp3) is 1.00. The minimum Gasteiger partial charge on any atom is -0.394 e. The molecule has 0 amide bonds. The number of ether oxygens (including phenoxy) is 3. The molecule has 2 rings (SSSR count). The third kappa shape index (κ3) is 3.58. The van der Waals surface area contributed by atoms with Gasteiger partial charge in [-0.25, -0.2) is 0 Å². The molecule has 9 atom stereocenters. The second-order valence-corrected chi connectivity index (χ2v) is 6.54. The van der Waals surface area contributed by atoms with Crippen molar-refractivity contribution < 1.29 is 39.7 Å². The van der Waals surface area contributed by atoms with E-state index >= 15 is 0 Å². The molecule has 0 bridgehead atoms. The molecule has 11 heteroatoms. The highest BCUT2D eigenvalue weighted by molar-refractivity contribution is 6.21. The molecule has 136 valence electrons. The van der Waals surface area contributed by atoms with Crippen LogP contribution in [0.25, 0.3) is 0 Å². The van der Waals surface area contributed by atoms with Crippen LogP contribution in [0.5, 0.6) is 0 Å². The maximum absolute atomic E-state index is 10.1. The quantitative estimate of drug-likeness (QED) is 0.349. The first-order chi connectivity index (χ1) is 10.8. The number of rotatable bonds is 5. The Labute approximate surface area is 147 Å². The molecule has 23 heavy (non-hydrogen) atoms. The third-order valence-electron chi connectivity index (χ3n) is 3.96. The molecule has 0 unspecified atom stereocenters. The van der Waals surface area contributed by atoms with Crippen LogP contribution >= 0.6 is 34.8 Å². The van der Waals surface area contributed by atoms with E-state index in [2.05, 4.69) is 0 Å².